The molecule has 0 saturated heterocycles. The highest BCUT2D eigenvalue weighted by atomic mass is 19.3. The van der Waals surface area contributed by atoms with E-state index in [1.54, 1.807) is 0 Å². The molecule has 7 heteroatoms. The topological polar surface area (TPSA) is 75.6 Å². The Kier molecular flexibility index (Phi) is 3.87. The van der Waals surface area contributed by atoms with E-state index in [2.05, 4.69) is 10.1 Å². The molecule has 1 saturated carbocycles. The number of benzene rings is 1. The normalized spacial score (nSPS) is 15.8. The van der Waals surface area contributed by atoms with Crippen molar-refractivity contribution in [2.75, 3.05) is 0 Å². The summed E-state index contributed by atoms with van der Waals surface area (Å²) in [6.45, 7) is -2.89. The van der Waals surface area contributed by atoms with Gasteiger partial charge >= 0.3 is 12.6 Å². The van der Waals surface area contributed by atoms with Gasteiger partial charge in [0.15, 0.2) is 0 Å². The number of hydrogen-bond donors (Lipinski definition) is 2. The van der Waals surface area contributed by atoms with Crippen LogP contribution in [0.15, 0.2) is 24.3 Å². The minimum Gasteiger partial charge on any atom is -0.480 e. The minimum atomic E-state index is -2.89. The summed E-state index contributed by atoms with van der Waals surface area (Å²) in [5, 5.41) is 11.4. The smallest absolute Gasteiger partial charge is 0.387 e. The number of carboxylic acid groups (broad SMARTS) is 1. The molecular formula is C13H13F2NO4. The number of carboxylic acids is 1. The summed E-state index contributed by atoms with van der Waals surface area (Å²) < 4.78 is 28.1. The van der Waals surface area contributed by atoms with Gasteiger partial charge in [0.25, 0.3) is 0 Å². The zero-order chi connectivity index (χ0) is 14.8. The van der Waals surface area contributed by atoms with Crippen molar-refractivity contribution in [3.8, 4) is 5.75 Å². The van der Waals surface area contributed by atoms with E-state index in [0.29, 0.717) is 18.4 Å². The van der Waals surface area contributed by atoms with Crippen molar-refractivity contribution in [2.45, 2.75) is 31.4 Å². The maximum atomic E-state index is 12.0. The standard InChI is InChI=1S/C13H13F2NO4/c14-12(15)20-9-3-1-8(2-4-9)7-10(17)16-13(5-6-13)11(18)19/h1-4,12H,5-7H2,(H,16,17)(H,18,19). The quantitative estimate of drug-likeness (QED) is 0.831. The van der Waals surface area contributed by atoms with E-state index in [1.807, 2.05) is 0 Å². The number of rotatable bonds is 6. The molecule has 108 valence electrons. The molecule has 1 aliphatic carbocycles. The van der Waals surface area contributed by atoms with Crippen LogP contribution in [0, 0.1) is 0 Å². The van der Waals surface area contributed by atoms with E-state index in [1.165, 1.54) is 24.3 Å². The first-order chi connectivity index (χ1) is 9.41. The summed E-state index contributed by atoms with van der Waals surface area (Å²) in [6.07, 6.45) is 0.842. The number of nitrogens with one attached hydrogen (secondary N) is 1. The Balaban J connectivity index is 1.90. The molecule has 1 aromatic carbocycles. The predicted molar refractivity (Wildman–Crippen MR) is 64.5 cm³/mol. The summed E-state index contributed by atoms with van der Waals surface area (Å²) in [6, 6.07) is 5.63. The third-order valence-corrected chi connectivity index (χ3v) is 3.05. The van der Waals surface area contributed by atoms with Gasteiger partial charge in [0.1, 0.15) is 11.3 Å². The molecule has 0 radical (unpaired) electrons. The average molecular weight is 285 g/mol. The van der Waals surface area contributed by atoms with E-state index < -0.39 is 24.0 Å². The first-order valence-corrected chi connectivity index (χ1v) is 5.99. The van der Waals surface area contributed by atoms with Crippen LogP contribution in [-0.2, 0) is 16.0 Å². The molecule has 0 aliphatic heterocycles. The first-order valence-electron chi connectivity index (χ1n) is 5.99. The molecule has 2 N–H and O–H groups in total. The summed E-state index contributed by atoms with van der Waals surface area (Å²) in [5.74, 6) is -1.44. The zero-order valence-electron chi connectivity index (χ0n) is 10.4. The summed E-state index contributed by atoms with van der Waals surface area (Å²) >= 11 is 0. The molecular weight excluding hydrogens is 272 g/mol. The second kappa shape index (κ2) is 5.44. The highest BCUT2D eigenvalue weighted by molar-refractivity contribution is 5.90. The highest BCUT2D eigenvalue weighted by Gasteiger charge is 2.51. The van der Waals surface area contributed by atoms with Crippen molar-refractivity contribution in [3.63, 3.8) is 0 Å². The van der Waals surface area contributed by atoms with Crippen LogP contribution in [0.25, 0.3) is 0 Å². The summed E-state index contributed by atoms with van der Waals surface area (Å²) in [7, 11) is 0. The number of carbonyl (C=O) groups is 2. The van der Waals surface area contributed by atoms with E-state index in [9.17, 15) is 18.4 Å². The van der Waals surface area contributed by atoms with Crippen molar-refractivity contribution < 1.29 is 28.2 Å². The Hall–Kier alpha value is -2.18. The van der Waals surface area contributed by atoms with Crippen LogP contribution in [0.1, 0.15) is 18.4 Å². The van der Waals surface area contributed by atoms with Gasteiger partial charge in [-0.25, -0.2) is 4.79 Å². The van der Waals surface area contributed by atoms with Gasteiger partial charge in [-0.1, -0.05) is 12.1 Å². The average Bonchev–Trinajstić information content (AvgIpc) is 3.12. The number of halogens is 2. The lowest BCUT2D eigenvalue weighted by Gasteiger charge is -2.12. The number of aliphatic carboxylic acids is 1. The molecule has 2 rings (SSSR count). The first kappa shape index (κ1) is 14.2. The number of carbonyl (C=O) groups excluding carboxylic acids is 1. The van der Waals surface area contributed by atoms with E-state index in [0.717, 1.165) is 0 Å². The van der Waals surface area contributed by atoms with Crippen LogP contribution in [0.2, 0.25) is 0 Å². The molecule has 1 aliphatic rings. The number of ether oxygens (including phenoxy) is 1. The van der Waals surface area contributed by atoms with Gasteiger partial charge in [-0.2, -0.15) is 8.78 Å². The van der Waals surface area contributed by atoms with Crippen LogP contribution in [-0.4, -0.2) is 29.1 Å². The maximum Gasteiger partial charge on any atom is 0.387 e. The molecule has 5 nitrogen and oxygen atoms in total. The Bertz CT molecular complexity index is 512. The highest BCUT2D eigenvalue weighted by Crippen LogP contribution is 2.35. The Labute approximate surface area is 113 Å². The Morgan fingerprint density at radius 3 is 2.35 bits per heavy atom. The molecule has 0 atom stereocenters. The molecule has 1 fully saturated rings. The van der Waals surface area contributed by atoms with Gasteiger partial charge in [-0.05, 0) is 30.5 Å². The van der Waals surface area contributed by atoms with Crippen LogP contribution in [0.4, 0.5) is 8.78 Å². The Morgan fingerprint density at radius 2 is 1.90 bits per heavy atom. The van der Waals surface area contributed by atoms with Crippen molar-refractivity contribution in [3.05, 3.63) is 29.8 Å². The Morgan fingerprint density at radius 1 is 1.30 bits per heavy atom. The molecule has 0 bridgehead atoms. The molecule has 0 spiro atoms. The van der Waals surface area contributed by atoms with E-state index >= 15 is 0 Å². The monoisotopic (exact) mass is 285 g/mol. The fourth-order valence-corrected chi connectivity index (χ4v) is 1.80. The van der Waals surface area contributed by atoms with Gasteiger partial charge in [-0.15, -0.1) is 0 Å². The van der Waals surface area contributed by atoms with Gasteiger partial charge in [0.2, 0.25) is 5.91 Å². The molecule has 20 heavy (non-hydrogen) atoms. The van der Waals surface area contributed by atoms with Crippen molar-refractivity contribution >= 4 is 11.9 Å². The largest absolute Gasteiger partial charge is 0.480 e. The van der Waals surface area contributed by atoms with Crippen LogP contribution >= 0.6 is 0 Å². The zero-order valence-corrected chi connectivity index (χ0v) is 10.4. The fourth-order valence-electron chi connectivity index (χ4n) is 1.80. The lowest BCUT2D eigenvalue weighted by Crippen LogP contribution is -2.43. The molecule has 0 heterocycles. The third kappa shape index (κ3) is 3.43. The van der Waals surface area contributed by atoms with Gasteiger partial charge in [0, 0.05) is 0 Å². The summed E-state index contributed by atoms with van der Waals surface area (Å²) in [5.41, 5.74) is -0.527. The lowest BCUT2D eigenvalue weighted by atomic mass is 10.1. The van der Waals surface area contributed by atoms with Crippen molar-refractivity contribution in [1.29, 1.82) is 0 Å². The van der Waals surface area contributed by atoms with Crippen LogP contribution < -0.4 is 10.1 Å². The molecule has 1 amide bonds. The second-order valence-corrected chi connectivity index (χ2v) is 4.63. The van der Waals surface area contributed by atoms with E-state index in [4.69, 9.17) is 5.11 Å². The molecule has 1 aromatic rings. The van der Waals surface area contributed by atoms with Gasteiger partial charge in [0.05, 0.1) is 6.42 Å². The SMILES string of the molecule is O=C(Cc1ccc(OC(F)F)cc1)NC1(C(=O)O)CC1. The third-order valence-electron chi connectivity index (χ3n) is 3.05. The number of amides is 1. The van der Waals surface area contributed by atoms with Crippen LogP contribution in [0.5, 0.6) is 5.75 Å². The second-order valence-electron chi connectivity index (χ2n) is 4.63. The minimum absolute atomic E-state index is 0.00774. The molecule has 0 aromatic heterocycles. The molecule has 0 unspecified atom stereocenters. The van der Waals surface area contributed by atoms with Gasteiger partial charge < -0.3 is 15.2 Å². The van der Waals surface area contributed by atoms with E-state index in [-0.39, 0.29) is 12.2 Å². The lowest BCUT2D eigenvalue weighted by molar-refractivity contribution is -0.143. The fraction of sp³-hybridized carbons (Fsp3) is 0.385. The number of alkyl halides is 2. The van der Waals surface area contributed by atoms with Crippen LogP contribution in [0.3, 0.4) is 0 Å². The van der Waals surface area contributed by atoms with Crippen molar-refractivity contribution in [1.82, 2.24) is 5.32 Å². The summed E-state index contributed by atoms with van der Waals surface area (Å²) in [4.78, 5) is 22.6. The predicted octanol–water partition coefficient (Wildman–Crippen LogP) is 1.56. The van der Waals surface area contributed by atoms with Crippen molar-refractivity contribution in [2.24, 2.45) is 0 Å². The number of hydrogen-bond acceptors (Lipinski definition) is 3. The van der Waals surface area contributed by atoms with Gasteiger partial charge in [-0.3, -0.25) is 4.79 Å². The maximum absolute atomic E-state index is 12.0.